The Kier molecular flexibility index (Phi) is 3.97. The second-order valence-corrected chi connectivity index (χ2v) is 3.15. The number of rotatable bonds is 3. The van der Waals surface area contributed by atoms with E-state index in [0.717, 1.165) is 0 Å². The molecule has 0 aromatic carbocycles. The van der Waals surface area contributed by atoms with Gasteiger partial charge in [-0.3, -0.25) is 4.79 Å². The first-order valence-corrected chi connectivity index (χ1v) is 4.64. The number of aromatic nitrogens is 1. The van der Waals surface area contributed by atoms with Crippen molar-refractivity contribution in [3.8, 4) is 5.75 Å². The van der Waals surface area contributed by atoms with Gasteiger partial charge in [-0.15, -0.1) is 24.8 Å². The van der Waals surface area contributed by atoms with Gasteiger partial charge in [0.15, 0.2) is 0 Å². The fourth-order valence-corrected chi connectivity index (χ4v) is 1.30. The van der Waals surface area contributed by atoms with Crippen molar-refractivity contribution >= 4 is 11.6 Å². The Balaban J connectivity index is 3.29. The number of hydrogen-bond donors (Lipinski definition) is 1. The van der Waals surface area contributed by atoms with Crippen LogP contribution in [0.4, 0.5) is 22.0 Å². The van der Waals surface area contributed by atoms with Crippen molar-refractivity contribution in [2.75, 3.05) is 0 Å². The Morgan fingerprint density at radius 2 is 2.00 bits per heavy atom. The molecule has 0 amide bonds. The van der Waals surface area contributed by atoms with Crippen molar-refractivity contribution in [1.82, 2.24) is 4.98 Å². The van der Waals surface area contributed by atoms with Crippen LogP contribution in [0.2, 0.25) is 0 Å². The molecule has 0 aliphatic rings. The largest absolute Gasteiger partial charge is 0.573 e. The van der Waals surface area contributed by atoms with Gasteiger partial charge in [0.05, 0.1) is 17.1 Å². The third-order valence-corrected chi connectivity index (χ3v) is 1.98. The summed E-state index contributed by atoms with van der Waals surface area (Å²) >= 11 is 5.24. The molecule has 0 saturated carbocycles. The number of nitrogens with one attached hydrogen (secondary N) is 1. The fraction of sp³-hybridized carbons (Fsp3) is 0.375. The first-order chi connectivity index (χ1) is 7.74. The summed E-state index contributed by atoms with van der Waals surface area (Å²) in [4.78, 5) is 12.9. The highest BCUT2D eigenvalue weighted by Gasteiger charge is 2.33. The molecule has 96 valence electrons. The molecule has 0 aliphatic carbocycles. The van der Waals surface area contributed by atoms with Gasteiger partial charge >= 0.3 is 6.36 Å². The van der Waals surface area contributed by atoms with E-state index in [1.807, 2.05) is 0 Å². The minimum absolute atomic E-state index is 0.400. The number of halogens is 6. The molecular weight excluding hydrogens is 273 g/mol. The summed E-state index contributed by atoms with van der Waals surface area (Å²) in [5, 5.41) is 0. The molecule has 0 radical (unpaired) electrons. The number of ether oxygens (including phenoxy) is 1. The molecule has 0 unspecified atom stereocenters. The monoisotopic (exact) mass is 277 g/mol. The number of alkyl halides is 6. The summed E-state index contributed by atoms with van der Waals surface area (Å²) < 4.78 is 63.8. The Labute approximate surface area is 96.2 Å². The average Bonchev–Trinajstić information content (AvgIpc) is 2.14. The summed E-state index contributed by atoms with van der Waals surface area (Å²) in [6, 6.07) is 0.400. The summed E-state index contributed by atoms with van der Waals surface area (Å²) in [5.74, 6) is -1.61. The van der Waals surface area contributed by atoms with Crippen molar-refractivity contribution in [3.63, 3.8) is 0 Å². The normalized spacial score (nSPS) is 11.9. The maximum Gasteiger partial charge on any atom is 0.573 e. The lowest BCUT2D eigenvalue weighted by Gasteiger charge is -2.12. The quantitative estimate of drug-likeness (QED) is 0.682. The van der Waals surface area contributed by atoms with Gasteiger partial charge in [-0.1, -0.05) is 0 Å². The van der Waals surface area contributed by atoms with E-state index in [2.05, 4.69) is 4.74 Å². The van der Waals surface area contributed by atoms with Gasteiger partial charge in [0.1, 0.15) is 5.75 Å². The fourth-order valence-electron chi connectivity index (χ4n) is 1.04. The third-order valence-electron chi connectivity index (χ3n) is 1.71. The lowest BCUT2D eigenvalue weighted by molar-refractivity contribution is -0.275. The Bertz CT molecular complexity index is 456. The van der Waals surface area contributed by atoms with Gasteiger partial charge < -0.3 is 9.72 Å². The Hall–Kier alpha value is -1.31. The van der Waals surface area contributed by atoms with Crippen LogP contribution in [0, 0.1) is 0 Å². The topological polar surface area (TPSA) is 42.1 Å². The number of hydrogen-bond acceptors (Lipinski definition) is 2. The van der Waals surface area contributed by atoms with E-state index in [-0.39, 0.29) is 0 Å². The minimum Gasteiger partial charge on any atom is -0.405 e. The lowest BCUT2D eigenvalue weighted by atomic mass is 10.2. The second kappa shape index (κ2) is 4.91. The van der Waals surface area contributed by atoms with Crippen LogP contribution in [0.25, 0.3) is 0 Å². The number of pyridine rings is 1. The zero-order valence-electron chi connectivity index (χ0n) is 7.95. The molecule has 0 atom stereocenters. The Morgan fingerprint density at radius 3 is 2.41 bits per heavy atom. The van der Waals surface area contributed by atoms with Crippen molar-refractivity contribution < 1.29 is 26.7 Å². The zero-order valence-corrected chi connectivity index (χ0v) is 8.70. The molecule has 0 spiro atoms. The van der Waals surface area contributed by atoms with Gasteiger partial charge in [0.25, 0.3) is 12.0 Å². The molecule has 0 fully saturated rings. The van der Waals surface area contributed by atoms with Crippen LogP contribution < -0.4 is 10.3 Å². The van der Waals surface area contributed by atoms with Crippen molar-refractivity contribution in [2.45, 2.75) is 18.7 Å². The maximum atomic E-state index is 12.3. The molecule has 17 heavy (non-hydrogen) atoms. The molecule has 1 aromatic heterocycles. The minimum atomic E-state index is -5.09. The number of aromatic amines is 1. The Morgan fingerprint density at radius 1 is 1.41 bits per heavy atom. The van der Waals surface area contributed by atoms with E-state index in [1.165, 1.54) is 0 Å². The predicted octanol–water partition coefficient (Wildman–Crippen LogP) is 2.95. The molecule has 0 aliphatic heterocycles. The van der Waals surface area contributed by atoms with E-state index < -0.39 is 41.2 Å². The van der Waals surface area contributed by atoms with E-state index in [0.29, 0.717) is 6.07 Å². The zero-order chi connectivity index (χ0) is 13.2. The first kappa shape index (κ1) is 13.8. The van der Waals surface area contributed by atoms with E-state index in [4.69, 9.17) is 11.6 Å². The second-order valence-electron chi connectivity index (χ2n) is 2.88. The smallest absolute Gasteiger partial charge is 0.405 e. The molecule has 0 saturated heterocycles. The predicted molar refractivity (Wildman–Crippen MR) is 48.3 cm³/mol. The average molecular weight is 278 g/mol. The first-order valence-electron chi connectivity index (χ1n) is 4.10. The van der Waals surface area contributed by atoms with Crippen LogP contribution >= 0.6 is 11.6 Å². The summed E-state index contributed by atoms with van der Waals surface area (Å²) in [7, 11) is 0. The molecule has 1 rings (SSSR count). The SMILES string of the molecule is O=c1[nH]c(C(F)F)cc(OC(F)(F)F)c1CCl. The van der Waals surface area contributed by atoms with E-state index in [1.54, 1.807) is 4.98 Å². The van der Waals surface area contributed by atoms with Crippen LogP contribution in [0.15, 0.2) is 10.9 Å². The van der Waals surface area contributed by atoms with Crippen LogP contribution in [0.1, 0.15) is 17.7 Å². The molecular formula is C8H5ClF5NO2. The van der Waals surface area contributed by atoms with Crippen LogP contribution in [0.3, 0.4) is 0 Å². The highest BCUT2D eigenvalue weighted by Crippen LogP contribution is 2.28. The molecule has 1 heterocycles. The number of H-pyrrole nitrogens is 1. The van der Waals surface area contributed by atoms with Gasteiger partial charge in [-0.05, 0) is 0 Å². The molecule has 0 bridgehead atoms. The third kappa shape index (κ3) is 3.58. The standard InChI is InChI=1S/C8H5ClF5NO2/c9-2-3-5(17-8(12,13)14)1-4(6(10)11)15-7(3)16/h1,6H,2H2,(H,15,16). The van der Waals surface area contributed by atoms with Crippen LogP contribution in [-0.4, -0.2) is 11.3 Å². The molecule has 3 nitrogen and oxygen atoms in total. The van der Waals surface area contributed by atoms with Gasteiger partial charge in [0, 0.05) is 6.07 Å². The summed E-state index contributed by atoms with van der Waals surface area (Å²) in [6.07, 6.45) is -8.21. The highest BCUT2D eigenvalue weighted by atomic mass is 35.5. The maximum absolute atomic E-state index is 12.3. The molecule has 1 N–H and O–H groups in total. The summed E-state index contributed by atoms with van der Waals surface area (Å²) in [6.45, 7) is 0. The van der Waals surface area contributed by atoms with Crippen molar-refractivity contribution in [1.29, 1.82) is 0 Å². The van der Waals surface area contributed by atoms with Crippen molar-refractivity contribution in [3.05, 3.63) is 27.7 Å². The van der Waals surface area contributed by atoms with Gasteiger partial charge in [-0.25, -0.2) is 8.78 Å². The molecule has 1 aromatic rings. The summed E-state index contributed by atoms with van der Waals surface area (Å²) in [5.41, 5.74) is -2.67. The van der Waals surface area contributed by atoms with E-state index in [9.17, 15) is 26.7 Å². The van der Waals surface area contributed by atoms with Gasteiger partial charge in [-0.2, -0.15) is 0 Å². The van der Waals surface area contributed by atoms with Crippen molar-refractivity contribution in [2.24, 2.45) is 0 Å². The van der Waals surface area contributed by atoms with E-state index >= 15 is 0 Å². The van der Waals surface area contributed by atoms with Crippen LogP contribution in [0.5, 0.6) is 5.75 Å². The lowest BCUT2D eigenvalue weighted by Crippen LogP contribution is -2.22. The molecule has 9 heteroatoms. The highest BCUT2D eigenvalue weighted by molar-refractivity contribution is 6.17. The van der Waals surface area contributed by atoms with Gasteiger partial charge in [0.2, 0.25) is 0 Å². The van der Waals surface area contributed by atoms with Crippen LogP contribution in [-0.2, 0) is 5.88 Å².